The Kier molecular flexibility index (Phi) is 6.87. The molecule has 1 aliphatic rings. The predicted molar refractivity (Wildman–Crippen MR) is 111 cm³/mol. The van der Waals surface area contributed by atoms with Gasteiger partial charge in [0, 0.05) is 26.7 Å². The number of carbonyl (C=O) groups is 2. The minimum absolute atomic E-state index is 0.234. The quantitative estimate of drug-likeness (QED) is 0.504. The zero-order valence-electron chi connectivity index (χ0n) is 17.4. The van der Waals surface area contributed by atoms with Gasteiger partial charge in [-0.05, 0) is 58.0 Å². The van der Waals surface area contributed by atoms with Gasteiger partial charge in [-0.1, -0.05) is 12.1 Å². The number of nitrogens with zero attached hydrogens (tertiary/aromatic N) is 3. The Hall–Kier alpha value is -2.45. The second-order valence-electron chi connectivity index (χ2n) is 7.84. The maximum atomic E-state index is 12.9. The monoisotopic (exact) mass is 402 g/mol. The molecule has 2 aromatic rings. The lowest BCUT2D eigenvalue weighted by Crippen LogP contribution is -2.44. The summed E-state index contributed by atoms with van der Waals surface area (Å²) in [5, 5.41) is 2.34. The van der Waals surface area contributed by atoms with Crippen LogP contribution < -0.4 is 11.0 Å². The lowest BCUT2D eigenvalue weighted by atomic mass is 10.0. The summed E-state index contributed by atoms with van der Waals surface area (Å²) in [7, 11) is 5.83. The van der Waals surface area contributed by atoms with Gasteiger partial charge in [-0.2, -0.15) is 0 Å². The molecule has 0 saturated carbocycles. The summed E-state index contributed by atoms with van der Waals surface area (Å²) >= 11 is 0. The summed E-state index contributed by atoms with van der Waals surface area (Å²) in [5.41, 5.74) is 2.40. The molecule has 3 rings (SSSR count). The molecule has 0 radical (unpaired) electrons. The Morgan fingerprint density at radius 1 is 1.17 bits per heavy atom. The Morgan fingerprint density at radius 2 is 1.93 bits per heavy atom. The lowest BCUT2D eigenvalue weighted by molar-refractivity contribution is -0.135. The fourth-order valence-corrected chi connectivity index (χ4v) is 3.90. The molecular formula is C21H30N4O4. The van der Waals surface area contributed by atoms with Crippen LogP contribution in [0.1, 0.15) is 37.3 Å². The molecule has 1 aromatic heterocycles. The Labute approximate surface area is 170 Å². The van der Waals surface area contributed by atoms with Gasteiger partial charge in [-0.3, -0.25) is 24.0 Å². The predicted octanol–water partition coefficient (Wildman–Crippen LogP) is 1.22. The fraction of sp³-hybridized carbons (Fsp3) is 0.571. The van der Waals surface area contributed by atoms with E-state index in [2.05, 4.69) is 10.2 Å². The first kappa shape index (κ1) is 21.3. The Bertz CT molecular complexity index is 944. The molecule has 1 N–H and O–H groups in total. The van der Waals surface area contributed by atoms with Gasteiger partial charge in [0.05, 0.1) is 11.0 Å². The zero-order chi connectivity index (χ0) is 21.0. The summed E-state index contributed by atoms with van der Waals surface area (Å²) in [4.78, 5) is 38.8. The normalized spacial score (nSPS) is 17.3. The second kappa shape index (κ2) is 9.37. The lowest BCUT2D eigenvalue weighted by Gasteiger charge is -2.21. The van der Waals surface area contributed by atoms with E-state index in [4.69, 9.17) is 4.74 Å². The number of para-hydroxylation sites is 1. The SMILES string of the molecule is CN(C)CCCOCCCc1cccc2c1n(C)c(=O)n2C1CCC(=O)NC1=O. The summed E-state index contributed by atoms with van der Waals surface area (Å²) < 4.78 is 8.84. The van der Waals surface area contributed by atoms with Crippen LogP contribution in [-0.4, -0.2) is 59.7 Å². The molecule has 0 aliphatic carbocycles. The number of piperidine rings is 1. The van der Waals surface area contributed by atoms with Crippen LogP contribution in [-0.2, 0) is 27.8 Å². The molecule has 1 atom stereocenters. The number of carbonyl (C=O) groups excluding carboxylic acids is 2. The fourth-order valence-electron chi connectivity index (χ4n) is 3.90. The van der Waals surface area contributed by atoms with Crippen molar-refractivity contribution >= 4 is 22.8 Å². The smallest absolute Gasteiger partial charge is 0.329 e. The number of aromatic nitrogens is 2. The number of imidazole rings is 1. The van der Waals surface area contributed by atoms with Crippen LogP contribution >= 0.6 is 0 Å². The van der Waals surface area contributed by atoms with Crippen molar-refractivity contribution in [2.45, 2.75) is 38.1 Å². The van der Waals surface area contributed by atoms with Crippen LogP contribution in [0.4, 0.5) is 0 Å². The van der Waals surface area contributed by atoms with Crippen LogP contribution in [0, 0.1) is 0 Å². The largest absolute Gasteiger partial charge is 0.381 e. The summed E-state index contributed by atoms with van der Waals surface area (Å²) in [6.45, 7) is 2.42. The zero-order valence-corrected chi connectivity index (χ0v) is 17.4. The molecule has 8 heteroatoms. The molecule has 158 valence electrons. The summed E-state index contributed by atoms with van der Waals surface area (Å²) in [6.07, 6.45) is 3.24. The van der Waals surface area contributed by atoms with Crippen molar-refractivity contribution in [2.24, 2.45) is 7.05 Å². The van der Waals surface area contributed by atoms with E-state index in [-0.39, 0.29) is 18.0 Å². The molecule has 1 fully saturated rings. The topological polar surface area (TPSA) is 85.6 Å². The van der Waals surface area contributed by atoms with E-state index in [0.717, 1.165) is 49.0 Å². The van der Waals surface area contributed by atoms with Crippen LogP contribution in [0.15, 0.2) is 23.0 Å². The summed E-state index contributed by atoms with van der Waals surface area (Å²) in [6, 6.07) is 5.14. The van der Waals surface area contributed by atoms with Gasteiger partial charge in [-0.25, -0.2) is 4.79 Å². The van der Waals surface area contributed by atoms with E-state index in [1.807, 2.05) is 32.3 Å². The van der Waals surface area contributed by atoms with Gasteiger partial charge < -0.3 is 9.64 Å². The third-order valence-corrected chi connectivity index (χ3v) is 5.34. The highest BCUT2D eigenvalue weighted by Crippen LogP contribution is 2.25. The maximum absolute atomic E-state index is 12.9. The average Bonchev–Trinajstić information content (AvgIpc) is 2.92. The number of hydrogen-bond donors (Lipinski definition) is 1. The molecule has 0 spiro atoms. The molecular weight excluding hydrogens is 372 g/mol. The van der Waals surface area contributed by atoms with E-state index in [0.29, 0.717) is 13.0 Å². The van der Waals surface area contributed by atoms with Crippen LogP contribution in [0.2, 0.25) is 0 Å². The number of rotatable bonds is 9. The molecule has 0 bridgehead atoms. The molecule has 1 unspecified atom stereocenters. The van der Waals surface area contributed by atoms with Crippen molar-refractivity contribution in [2.75, 3.05) is 33.9 Å². The molecule has 2 heterocycles. The van der Waals surface area contributed by atoms with E-state index in [1.165, 1.54) is 4.57 Å². The Morgan fingerprint density at radius 3 is 2.66 bits per heavy atom. The Balaban J connectivity index is 1.73. The van der Waals surface area contributed by atoms with Crippen molar-refractivity contribution in [1.82, 2.24) is 19.4 Å². The average molecular weight is 402 g/mol. The minimum atomic E-state index is -0.654. The van der Waals surface area contributed by atoms with E-state index in [1.54, 1.807) is 11.6 Å². The number of benzene rings is 1. The van der Waals surface area contributed by atoms with Crippen LogP contribution in [0.3, 0.4) is 0 Å². The van der Waals surface area contributed by atoms with Crippen molar-refractivity contribution in [1.29, 1.82) is 0 Å². The maximum Gasteiger partial charge on any atom is 0.329 e. The van der Waals surface area contributed by atoms with Crippen molar-refractivity contribution in [3.8, 4) is 0 Å². The third-order valence-electron chi connectivity index (χ3n) is 5.34. The number of fused-ring (bicyclic) bond motifs is 1. The van der Waals surface area contributed by atoms with Gasteiger partial charge in [-0.15, -0.1) is 0 Å². The van der Waals surface area contributed by atoms with Gasteiger partial charge in [0.15, 0.2) is 0 Å². The number of amides is 2. The first-order chi connectivity index (χ1) is 13.9. The van der Waals surface area contributed by atoms with Gasteiger partial charge >= 0.3 is 5.69 Å². The standard InChI is InChI=1S/C21H30N4O4/c1-23(2)12-6-14-29-13-5-8-15-7-4-9-16-19(15)24(3)21(28)25(16)17-10-11-18(26)22-20(17)27/h4,7,9,17H,5-6,8,10-14H2,1-3H3,(H,22,26,27). The number of imide groups is 1. The highest BCUT2D eigenvalue weighted by atomic mass is 16.5. The molecule has 8 nitrogen and oxygen atoms in total. The van der Waals surface area contributed by atoms with Crippen LogP contribution in [0.5, 0.6) is 0 Å². The number of nitrogens with one attached hydrogen (secondary N) is 1. The van der Waals surface area contributed by atoms with E-state index < -0.39 is 11.9 Å². The third kappa shape index (κ3) is 4.76. The molecule has 1 aliphatic heterocycles. The second-order valence-corrected chi connectivity index (χ2v) is 7.84. The molecule has 1 saturated heterocycles. The van der Waals surface area contributed by atoms with Crippen molar-refractivity contribution in [3.05, 3.63) is 34.2 Å². The first-order valence-electron chi connectivity index (χ1n) is 10.1. The number of hydrogen-bond acceptors (Lipinski definition) is 5. The van der Waals surface area contributed by atoms with Gasteiger partial charge in [0.1, 0.15) is 6.04 Å². The highest BCUT2D eigenvalue weighted by Gasteiger charge is 2.31. The number of ether oxygens (including phenoxy) is 1. The molecule has 29 heavy (non-hydrogen) atoms. The van der Waals surface area contributed by atoms with E-state index >= 15 is 0 Å². The van der Waals surface area contributed by atoms with Crippen molar-refractivity contribution in [3.63, 3.8) is 0 Å². The minimum Gasteiger partial charge on any atom is -0.381 e. The van der Waals surface area contributed by atoms with Crippen molar-refractivity contribution < 1.29 is 14.3 Å². The molecule has 1 aromatic carbocycles. The van der Waals surface area contributed by atoms with Gasteiger partial charge in [0.25, 0.3) is 0 Å². The number of aryl methyl sites for hydroxylation is 2. The summed E-state index contributed by atoms with van der Waals surface area (Å²) in [5.74, 6) is -0.696. The first-order valence-corrected chi connectivity index (χ1v) is 10.1. The molecule has 2 amide bonds. The highest BCUT2D eigenvalue weighted by molar-refractivity contribution is 6.00. The van der Waals surface area contributed by atoms with Crippen LogP contribution in [0.25, 0.3) is 11.0 Å². The van der Waals surface area contributed by atoms with Gasteiger partial charge in [0.2, 0.25) is 11.8 Å². The van der Waals surface area contributed by atoms with E-state index in [9.17, 15) is 14.4 Å².